The molecule has 3 aromatic carbocycles. The number of carbonyl (C=O) groups excluding carboxylic acids is 1. The first-order chi connectivity index (χ1) is 16.5. The minimum atomic E-state index is -0.489. The minimum absolute atomic E-state index is 0.237. The molecular weight excluding hydrogens is 452 g/mol. The molecule has 0 bridgehead atoms. The fourth-order valence-corrected chi connectivity index (χ4v) is 4.45. The summed E-state index contributed by atoms with van der Waals surface area (Å²) in [6.07, 6.45) is 0. The van der Waals surface area contributed by atoms with Crippen molar-refractivity contribution in [2.75, 3.05) is 24.9 Å². The molecule has 34 heavy (non-hydrogen) atoms. The summed E-state index contributed by atoms with van der Waals surface area (Å²) in [5, 5.41) is 6.92. The largest absolute Gasteiger partial charge is 0.497 e. The number of hydrogen-bond acceptors (Lipinski definition) is 5. The summed E-state index contributed by atoms with van der Waals surface area (Å²) in [7, 11) is 3.21. The minimum Gasteiger partial charge on any atom is -0.497 e. The molecule has 4 aromatic rings. The Bertz CT molecular complexity index is 1430. The Morgan fingerprint density at radius 2 is 1.82 bits per heavy atom. The van der Waals surface area contributed by atoms with E-state index in [2.05, 4.69) is 10.6 Å². The van der Waals surface area contributed by atoms with Crippen molar-refractivity contribution in [3.8, 4) is 11.5 Å². The van der Waals surface area contributed by atoms with Crippen LogP contribution >= 0.6 is 11.6 Å². The van der Waals surface area contributed by atoms with Gasteiger partial charge in [-0.2, -0.15) is 0 Å². The number of imidazole rings is 1. The number of amides is 1. The van der Waals surface area contributed by atoms with Crippen LogP contribution in [-0.4, -0.2) is 29.7 Å². The van der Waals surface area contributed by atoms with E-state index in [1.165, 1.54) is 0 Å². The Kier molecular flexibility index (Phi) is 5.63. The normalized spacial score (nSPS) is 15.0. The summed E-state index contributed by atoms with van der Waals surface area (Å²) < 4.78 is 13.2. The molecule has 0 fully saturated rings. The summed E-state index contributed by atoms with van der Waals surface area (Å²) in [4.78, 5) is 18.5. The second-order valence-corrected chi connectivity index (χ2v) is 8.37. The molecule has 1 amide bonds. The first-order valence-corrected chi connectivity index (χ1v) is 11.1. The van der Waals surface area contributed by atoms with E-state index in [4.69, 9.17) is 26.1 Å². The predicted octanol–water partition coefficient (Wildman–Crippen LogP) is 5.63. The lowest BCUT2D eigenvalue weighted by Crippen LogP contribution is -2.31. The van der Waals surface area contributed by atoms with E-state index in [1.54, 1.807) is 38.5 Å². The average molecular weight is 475 g/mol. The highest BCUT2D eigenvalue weighted by atomic mass is 35.5. The van der Waals surface area contributed by atoms with E-state index >= 15 is 0 Å². The SMILES string of the molecule is COc1ccc([C@@H]2C(C(=O)Nc3ccc(Cl)cc3)=C(C)Nc3nc4ccccc4n32)c(OC)c1. The van der Waals surface area contributed by atoms with Crippen molar-refractivity contribution in [1.82, 2.24) is 9.55 Å². The fourth-order valence-electron chi connectivity index (χ4n) is 4.33. The number of allylic oxidation sites excluding steroid dienone is 1. The summed E-state index contributed by atoms with van der Waals surface area (Å²) in [6, 6.07) is 20.0. The molecule has 0 saturated heterocycles. The lowest BCUT2D eigenvalue weighted by molar-refractivity contribution is -0.113. The Morgan fingerprint density at radius 1 is 1.06 bits per heavy atom. The van der Waals surface area contributed by atoms with Gasteiger partial charge in [0.05, 0.1) is 36.9 Å². The van der Waals surface area contributed by atoms with Crippen molar-refractivity contribution < 1.29 is 14.3 Å². The van der Waals surface area contributed by atoms with E-state index in [1.807, 2.05) is 54.0 Å². The molecular formula is C26H23ClN4O3. The zero-order chi connectivity index (χ0) is 23.8. The van der Waals surface area contributed by atoms with Crippen LogP contribution in [0.4, 0.5) is 11.6 Å². The summed E-state index contributed by atoms with van der Waals surface area (Å²) in [5.41, 5.74) is 4.45. The number of fused-ring (bicyclic) bond motifs is 3. The molecule has 0 aliphatic carbocycles. The lowest BCUT2D eigenvalue weighted by atomic mass is 9.93. The van der Waals surface area contributed by atoms with Gasteiger partial charge in [0.2, 0.25) is 5.95 Å². The summed E-state index contributed by atoms with van der Waals surface area (Å²) >= 11 is 6.01. The van der Waals surface area contributed by atoms with Gasteiger partial charge in [0.15, 0.2) is 0 Å². The van der Waals surface area contributed by atoms with Crippen LogP contribution in [-0.2, 0) is 4.79 Å². The number of rotatable bonds is 5. The molecule has 1 aromatic heterocycles. The Labute approximate surface area is 202 Å². The number of hydrogen-bond donors (Lipinski definition) is 2. The highest BCUT2D eigenvalue weighted by Gasteiger charge is 2.35. The van der Waals surface area contributed by atoms with E-state index < -0.39 is 6.04 Å². The molecule has 1 aliphatic rings. The highest BCUT2D eigenvalue weighted by Crippen LogP contribution is 2.43. The molecule has 8 heteroatoms. The molecule has 1 aliphatic heterocycles. The molecule has 2 heterocycles. The number of methoxy groups -OCH3 is 2. The molecule has 172 valence electrons. The zero-order valence-corrected chi connectivity index (χ0v) is 19.7. The number of carbonyl (C=O) groups is 1. The van der Waals surface area contributed by atoms with Gasteiger partial charge in [-0.25, -0.2) is 4.98 Å². The maximum atomic E-state index is 13.7. The van der Waals surface area contributed by atoms with Crippen molar-refractivity contribution in [1.29, 1.82) is 0 Å². The van der Waals surface area contributed by atoms with Crippen molar-refractivity contribution in [3.05, 3.63) is 88.6 Å². The van der Waals surface area contributed by atoms with E-state index in [-0.39, 0.29) is 5.91 Å². The highest BCUT2D eigenvalue weighted by molar-refractivity contribution is 6.30. The van der Waals surface area contributed by atoms with Gasteiger partial charge in [-0.05, 0) is 55.5 Å². The molecule has 0 saturated carbocycles. The monoisotopic (exact) mass is 474 g/mol. The van der Waals surface area contributed by atoms with Crippen LogP contribution in [0.25, 0.3) is 11.0 Å². The van der Waals surface area contributed by atoms with Gasteiger partial charge in [0.25, 0.3) is 5.91 Å². The van der Waals surface area contributed by atoms with Crippen molar-refractivity contribution >= 4 is 40.2 Å². The van der Waals surface area contributed by atoms with Crippen LogP contribution in [0.15, 0.2) is 78.0 Å². The third-order valence-corrected chi connectivity index (χ3v) is 6.16. The number of para-hydroxylation sites is 2. The fraction of sp³-hybridized carbons (Fsp3) is 0.154. The molecule has 0 spiro atoms. The van der Waals surface area contributed by atoms with Gasteiger partial charge >= 0.3 is 0 Å². The topological polar surface area (TPSA) is 77.4 Å². The third kappa shape index (κ3) is 3.74. The molecule has 7 nitrogen and oxygen atoms in total. The van der Waals surface area contributed by atoms with Crippen LogP contribution in [0.5, 0.6) is 11.5 Å². The van der Waals surface area contributed by atoms with Gasteiger partial charge in [-0.15, -0.1) is 0 Å². The number of nitrogens with zero attached hydrogens (tertiary/aromatic N) is 2. The standard InChI is InChI=1S/C26H23ClN4O3/c1-15-23(25(32)29-17-10-8-16(27)9-11-17)24(19-13-12-18(33-2)14-22(19)34-3)31-21-7-5-4-6-20(21)30-26(31)28-15/h4-14,24H,1-3H3,(H,28,30)(H,29,32)/t24-/m1/s1. The number of anilines is 2. The van der Waals surface area contributed by atoms with Crippen LogP contribution in [0.1, 0.15) is 18.5 Å². The second-order valence-electron chi connectivity index (χ2n) is 7.93. The molecule has 1 atom stereocenters. The number of aromatic nitrogens is 2. The van der Waals surface area contributed by atoms with Gasteiger partial charge in [-0.3, -0.25) is 9.36 Å². The summed E-state index contributed by atoms with van der Waals surface area (Å²) in [6.45, 7) is 1.88. The molecule has 0 unspecified atom stereocenters. The van der Waals surface area contributed by atoms with Crippen LogP contribution < -0.4 is 20.1 Å². The van der Waals surface area contributed by atoms with Crippen LogP contribution in [0.2, 0.25) is 5.02 Å². The predicted molar refractivity (Wildman–Crippen MR) is 134 cm³/mol. The average Bonchev–Trinajstić information content (AvgIpc) is 3.22. The number of nitrogens with one attached hydrogen (secondary N) is 2. The van der Waals surface area contributed by atoms with Crippen LogP contribution in [0.3, 0.4) is 0 Å². The van der Waals surface area contributed by atoms with Gasteiger partial charge < -0.3 is 20.1 Å². The van der Waals surface area contributed by atoms with Crippen LogP contribution in [0, 0.1) is 0 Å². The zero-order valence-electron chi connectivity index (χ0n) is 18.9. The Balaban J connectivity index is 1.69. The number of ether oxygens (including phenoxy) is 2. The van der Waals surface area contributed by atoms with Gasteiger partial charge in [0.1, 0.15) is 11.5 Å². The first kappa shape index (κ1) is 21.9. The first-order valence-electron chi connectivity index (χ1n) is 10.7. The van der Waals surface area contributed by atoms with E-state index in [9.17, 15) is 4.79 Å². The Morgan fingerprint density at radius 3 is 2.56 bits per heavy atom. The van der Waals surface area contributed by atoms with Crippen molar-refractivity contribution in [3.63, 3.8) is 0 Å². The smallest absolute Gasteiger partial charge is 0.255 e. The quantitative estimate of drug-likeness (QED) is 0.391. The third-order valence-electron chi connectivity index (χ3n) is 5.91. The van der Waals surface area contributed by atoms with E-state index in [0.29, 0.717) is 39.4 Å². The van der Waals surface area contributed by atoms with E-state index in [0.717, 1.165) is 16.6 Å². The number of benzene rings is 3. The Hall–Kier alpha value is -3.97. The second kappa shape index (κ2) is 8.76. The molecule has 0 radical (unpaired) electrons. The maximum Gasteiger partial charge on any atom is 0.255 e. The van der Waals surface area contributed by atoms with Gasteiger partial charge in [0, 0.05) is 28.0 Å². The van der Waals surface area contributed by atoms with Gasteiger partial charge in [-0.1, -0.05) is 23.7 Å². The number of halogens is 1. The van der Waals surface area contributed by atoms with Crippen molar-refractivity contribution in [2.45, 2.75) is 13.0 Å². The maximum absolute atomic E-state index is 13.7. The molecule has 5 rings (SSSR count). The van der Waals surface area contributed by atoms with Crippen molar-refractivity contribution in [2.24, 2.45) is 0 Å². The molecule has 2 N–H and O–H groups in total. The summed E-state index contributed by atoms with van der Waals surface area (Å²) in [5.74, 6) is 1.70. The lowest BCUT2D eigenvalue weighted by Gasteiger charge is -2.31.